The van der Waals surface area contributed by atoms with Gasteiger partial charge in [0.15, 0.2) is 0 Å². The minimum Gasteiger partial charge on any atom is -0.341 e. The van der Waals surface area contributed by atoms with Crippen LogP contribution in [0.25, 0.3) is 0 Å². The Bertz CT molecular complexity index is 306. The van der Waals surface area contributed by atoms with E-state index in [0.29, 0.717) is 6.42 Å². The molecule has 110 valence electrons. The van der Waals surface area contributed by atoms with Crippen molar-refractivity contribution in [1.29, 1.82) is 0 Å². The summed E-state index contributed by atoms with van der Waals surface area (Å²) in [6.07, 6.45) is 2.33. The number of hydrogen-bond donors (Lipinski definition) is 0. The summed E-state index contributed by atoms with van der Waals surface area (Å²) in [4.78, 5) is 28.2. The molecule has 0 aliphatic carbocycles. The Kier molecular flexibility index (Phi) is 7.28. The Morgan fingerprint density at radius 3 is 2.53 bits per heavy atom. The molecule has 0 spiro atoms. The Balaban J connectivity index is 2.57. The summed E-state index contributed by atoms with van der Waals surface area (Å²) in [6.45, 7) is 8.25. The Morgan fingerprint density at radius 1 is 1.26 bits per heavy atom. The molecule has 0 N–H and O–H groups in total. The highest BCUT2D eigenvalue weighted by Crippen LogP contribution is 2.21. The summed E-state index contributed by atoms with van der Waals surface area (Å²) in [5, 5.41) is 0. The van der Waals surface area contributed by atoms with E-state index in [1.54, 1.807) is 16.7 Å². The largest absolute Gasteiger partial charge is 0.341 e. The molecule has 0 aromatic heterocycles. The maximum atomic E-state index is 12.4. The lowest BCUT2D eigenvalue weighted by molar-refractivity contribution is -0.143. The Morgan fingerprint density at radius 2 is 1.95 bits per heavy atom. The number of rotatable bonds is 7. The quantitative estimate of drug-likeness (QED) is 0.672. The van der Waals surface area contributed by atoms with Gasteiger partial charge in [-0.05, 0) is 32.4 Å². The number of thioether (sulfide) groups is 1. The highest BCUT2D eigenvalue weighted by molar-refractivity contribution is 7.99. The molecule has 4 nitrogen and oxygen atoms in total. The first kappa shape index (κ1) is 16.3. The molecule has 1 fully saturated rings. The highest BCUT2D eigenvalue weighted by Gasteiger charge is 2.35. The number of amides is 2. The molecule has 0 aromatic rings. The van der Waals surface area contributed by atoms with Crippen LogP contribution in [-0.4, -0.2) is 58.8 Å². The zero-order valence-corrected chi connectivity index (χ0v) is 13.2. The first-order valence-corrected chi connectivity index (χ1v) is 8.47. The van der Waals surface area contributed by atoms with Gasteiger partial charge in [0.25, 0.3) is 0 Å². The third-order valence-electron chi connectivity index (χ3n) is 3.60. The fourth-order valence-electron chi connectivity index (χ4n) is 2.52. The maximum absolute atomic E-state index is 12.4. The molecule has 1 aliphatic rings. The van der Waals surface area contributed by atoms with Crippen molar-refractivity contribution in [2.24, 2.45) is 0 Å². The lowest BCUT2D eigenvalue weighted by Crippen LogP contribution is -2.47. The summed E-state index contributed by atoms with van der Waals surface area (Å²) in [5.74, 6) is 2.16. The van der Waals surface area contributed by atoms with Gasteiger partial charge in [-0.25, -0.2) is 0 Å². The van der Waals surface area contributed by atoms with Crippen LogP contribution < -0.4 is 0 Å². The molecule has 19 heavy (non-hydrogen) atoms. The first-order chi connectivity index (χ1) is 9.15. The van der Waals surface area contributed by atoms with E-state index in [0.717, 1.165) is 44.0 Å². The van der Waals surface area contributed by atoms with Crippen LogP contribution in [0.1, 0.15) is 40.0 Å². The summed E-state index contributed by atoms with van der Waals surface area (Å²) < 4.78 is 0. The van der Waals surface area contributed by atoms with Gasteiger partial charge in [-0.1, -0.05) is 6.92 Å². The van der Waals surface area contributed by atoms with Crippen molar-refractivity contribution in [2.75, 3.05) is 31.1 Å². The van der Waals surface area contributed by atoms with E-state index in [9.17, 15) is 9.59 Å². The standard InChI is InChI=1S/C14H26N2O2S/c1-4-15(5-2)14(18)12-8-7-10-16(12)13(17)9-11-19-6-3/h12H,4-11H2,1-3H3. The Hall–Kier alpha value is -0.710. The zero-order chi connectivity index (χ0) is 14.3. The van der Waals surface area contributed by atoms with Gasteiger partial charge < -0.3 is 9.80 Å². The van der Waals surface area contributed by atoms with Crippen molar-refractivity contribution in [1.82, 2.24) is 9.80 Å². The molecule has 0 aromatic carbocycles. The van der Waals surface area contributed by atoms with Crippen molar-refractivity contribution >= 4 is 23.6 Å². The number of hydrogen-bond acceptors (Lipinski definition) is 3. The average Bonchev–Trinajstić information content (AvgIpc) is 2.89. The molecular weight excluding hydrogens is 260 g/mol. The van der Waals surface area contributed by atoms with Crippen molar-refractivity contribution < 1.29 is 9.59 Å². The molecule has 0 radical (unpaired) electrons. The van der Waals surface area contributed by atoms with E-state index in [2.05, 4.69) is 6.92 Å². The maximum Gasteiger partial charge on any atom is 0.245 e. The second kappa shape index (κ2) is 8.46. The third kappa shape index (κ3) is 4.41. The molecule has 0 bridgehead atoms. The SMILES string of the molecule is CCSCCC(=O)N1CCCC1C(=O)N(CC)CC. The van der Waals surface area contributed by atoms with Gasteiger partial charge in [-0.2, -0.15) is 11.8 Å². The molecule has 1 heterocycles. The van der Waals surface area contributed by atoms with E-state index >= 15 is 0 Å². The van der Waals surface area contributed by atoms with Crippen LogP contribution in [0.5, 0.6) is 0 Å². The molecule has 1 saturated heterocycles. The summed E-state index contributed by atoms with van der Waals surface area (Å²) in [5.41, 5.74) is 0. The van der Waals surface area contributed by atoms with Crippen LogP contribution in [0.15, 0.2) is 0 Å². The predicted molar refractivity (Wildman–Crippen MR) is 80.3 cm³/mol. The number of carbonyl (C=O) groups is 2. The number of likely N-dealkylation sites (tertiary alicyclic amines) is 1. The van der Waals surface area contributed by atoms with Gasteiger partial charge in [0.05, 0.1) is 0 Å². The van der Waals surface area contributed by atoms with Gasteiger partial charge >= 0.3 is 0 Å². The number of carbonyl (C=O) groups excluding carboxylic acids is 2. The number of nitrogens with zero attached hydrogens (tertiary/aromatic N) is 2. The van der Waals surface area contributed by atoms with Gasteiger partial charge in [-0.3, -0.25) is 9.59 Å². The van der Waals surface area contributed by atoms with Gasteiger partial charge in [0.2, 0.25) is 11.8 Å². The molecule has 2 amide bonds. The van der Waals surface area contributed by atoms with Crippen LogP contribution in [0.3, 0.4) is 0 Å². The molecule has 1 rings (SSSR count). The molecule has 1 unspecified atom stereocenters. The van der Waals surface area contributed by atoms with Crippen molar-refractivity contribution in [3.63, 3.8) is 0 Å². The normalized spacial score (nSPS) is 18.7. The van der Waals surface area contributed by atoms with E-state index in [1.807, 2.05) is 18.7 Å². The smallest absolute Gasteiger partial charge is 0.245 e. The lowest BCUT2D eigenvalue weighted by Gasteiger charge is -2.29. The summed E-state index contributed by atoms with van der Waals surface area (Å²) in [7, 11) is 0. The van der Waals surface area contributed by atoms with Crippen LogP contribution in [0.4, 0.5) is 0 Å². The van der Waals surface area contributed by atoms with Gasteiger partial charge in [-0.15, -0.1) is 0 Å². The predicted octanol–water partition coefficient (Wildman–Crippen LogP) is 1.99. The minimum atomic E-state index is -0.209. The molecule has 5 heteroatoms. The topological polar surface area (TPSA) is 40.6 Å². The number of likely N-dealkylation sites (N-methyl/N-ethyl adjacent to an activating group) is 1. The third-order valence-corrected chi connectivity index (χ3v) is 4.50. The molecule has 1 aliphatic heterocycles. The molecular formula is C14H26N2O2S. The summed E-state index contributed by atoms with van der Waals surface area (Å²) >= 11 is 1.78. The van der Waals surface area contributed by atoms with Crippen LogP contribution >= 0.6 is 11.8 Å². The van der Waals surface area contributed by atoms with Gasteiger partial charge in [0.1, 0.15) is 6.04 Å². The average molecular weight is 286 g/mol. The van der Waals surface area contributed by atoms with Crippen molar-refractivity contribution in [3.8, 4) is 0 Å². The lowest BCUT2D eigenvalue weighted by atomic mass is 10.2. The summed E-state index contributed by atoms with van der Waals surface area (Å²) in [6, 6.07) is -0.209. The van der Waals surface area contributed by atoms with E-state index < -0.39 is 0 Å². The molecule has 0 saturated carbocycles. The van der Waals surface area contributed by atoms with Crippen LogP contribution in [0, 0.1) is 0 Å². The van der Waals surface area contributed by atoms with Crippen LogP contribution in [0.2, 0.25) is 0 Å². The monoisotopic (exact) mass is 286 g/mol. The van der Waals surface area contributed by atoms with Gasteiger partial charge in [0, 0.05) is 31.8 Å². The second-order valence-electron chi connectivity index (χ2n) is 4.70. The van der Waals surface area contributed by atoms with E-state index in [-0.39, 0.29) is 17.9 Å². The first-order valence-electron chi connectivity index (χ1n) is 7.31. The van der Waals surface area contributed by atoms with Crippen molar-refractivity contribution in [3.05, 3.63) is 0 Å². The fourth-order valence-corrected chi connectivity index (χ4v) is 3.12. The highest BCUT2D eigenvalue weighted by atomic mass is 32.2. The van der Waals surface area contributed by atoms with E-state index in [4.69, 9.17) is 0 Å². The fraction of sp³-hybridized carbons (Fsp3) is 0.857. The Labute approximate surface area is 120 Å². The zero-order valence-electron chi connectivity index (χ0n) is 12.4. The minimum absolute atomic E-state index is 0.124. The second-order valence-corrected chi connectivity index (χ2v) is 6.10. The molecule has 1 atom stereocenters. The van der Waals surface area contributed by atoms with E-state index in [1.165, 1.54) is 0 Å². The van der Waals surface area contributed by atoms with Crippen LogP contribution in [-0.2, 0) is 9.59 Å². The van der Waals surface area contributed by atoms with Crippen molar-refractivity contribution in [2.45, 2.75) is 46.1 Å².